The number of hydrogen-bond donors (Lipinski definition) is 2. The van der Waals surface area contributed by atoms with Crippen LogP contribution in [0.1, 0.15) is 52.0 Å². The maximum Gasteiger partial charge on any atom is 0.142 e. The fraction of sp³-hybridized carbons (Fsp3) is 0.786. The highest BCUT2D eigenvalue weighted by molar-refractivity contribution is 7.10. The molecule has 0 radical (unpaired) electrons. The molecule has 1 fully saturated rings. The topological polar surface area (TPSA) is 50.9 Å². The summed E-state index contributed by atoms with van der Waals surface area (Å²) in [7, 11) is 0. The molecule has 1 aliphatic rings. The van der Waals surface area contributed by atoms with E-state index in [2.05, 4.69) is 37.4 Å². The van der Waals surface area contributed by atoms with Crippen LogP contribution in [0.4, 0.5) is 10.8 Å². The minimum Gasteiger partial charge on any atom is -0.383 e. The molecule has 0 aliphatic heterocycles. The summed E-state index contributed by atoms with van der Waals surface area (Å²) in [6, 6.07) is 0. The molecule has 2 rings (SSSR count). The summed E-state index contributed by atoms with van der Waals surface area (Å²) in [4.78, 5) is 0. The second-order valence-corrected chi connectivity index (χ2v) is 6.89. The molecule has 102 valence electrons. The Morgan fingerprint density at radius 2 is 1.89 bits per heavy atom. The van der Waals surface area contributed by atoms with Crippen LogP contribution in [-0.4, -0.2) is 10.9 Å². The minimum absolute atomic E-state index is 0.669. The number of nitrogens with zero attached hydrogens (tertiary/aromatic N) is 1. The second kappa shape index (κ2) is 5.47. The van der Waals surface area contributed by atoms with Crippen molar-refractivity contribution in [3.63, 3.8) is 0 Å². The number of nitrogens with two attached hydrogens (primary N) is 1. The van der Waals surface area contributed by atoms with E-state index in [-0.39, 0.29) is 0 Å². The van der Waals surface area contributed by atoms with Crippen molar-refractivity contribution >= 4 is 22.4 Å². The zero-order chi connectivity index (χ0) is 13.3. The van der Waals surface area contributed by atoms with E-state index in [4.69, 9.17) is 5.73 Å². The van der Waals surface area contributed by atoms with Crippen molar-refractivity contribution in [2.24, 2.45) is 17.8 Å². The third-order valence-corrected chi connectivity index (χ3v) is 4.79. The van der Waals surface area contributed by atoms with Crippen LogP contribution >= 0.6 is 11.5 Å². The van der Waals surface area contributed by atoms with Gasteiger partial charge in [-0.05, 0) is 48.0 Å². The molecule has 0 saturated heterocycles. The van der Waals surface area contributed by atoms with Crippen LogP contribution in [-0.2, 0) is 0 Å². The Bertz CT molecular complexity index is 386. The predicted octanol–water partition coefficient (Wildman–Crippen LogP) is 3.94. The highest BCUT2D eigenvalue weighted by Gasteiger charge is 2.30. The average Bonchev–Trinajstić information content (AvgIpc) is 3.03. The number of nitrogens with one attached hydrogen (secondary N) is 1. The Balaban J connectivity index is 2.01. The Kier molecular flexibility index (Phi) is 4.15. The SMILES string of the molecule is CC(C)C(CNc1snc(N)c1C1CC1)C(C)C. The van der Waals surface area contributed by atoms with Gasteiger partial charge < -0.3 is 11.1 Å². The van der Waals surface area contributed by atoms with Gasteiger partial charge in [-0.3, -0.25) is 0 Å². The number of anilines is 2. The third-order valence-electron chi connectivity index (χ3n) is 3.95. The smallest absolute Gasteiger partial charge is 0.142 e. The molecule has 1 aliphatic carbocycles. The standard InChI is InChI=1S/C14H25N3S/c1-8(2)11(9(3)4)7-16-14-12(10-5-6-10)13(15)17-18-14/h8-11,16H,5-7H2,1-4H3,(H2,15,17). The summed E-state index contributed by atoms with van der Waals surface area (Å²) in [5, 5.41) is 4.80. The van der Waals surface area contributed by atoms with Crippen molar-refractivity contribution in [2.75, 3.05) is 17.6 Å². The third kappa shape index (κ3) is 2.97. The van der Waals surface area contributed by atoms with Gasteiger partial charge in [-0.2, -0.15) is 4.37 Å². The monoisotopic (exact) mass is 267 g/mol. The highest BCUT2D eigenvalue weighted by atomic mass is 32.1. The summed E-state index contributed by atoms with van der Waals surface area (Å²) in [5.74, 6) is 3.51. The summed E-state index contributed by atoms with van der Waals surface area (Å²) in [6.45, 7) is 10.2. The Labute approximate surface area is 114 Å². The molecule has 3 nitrogen and oxygen atoms in total. The molecule has 1 saturated carbocycles. The van der Waals surface area contributed by atoms with Crippen LogP contribution in [0.2, 0.25) is 0 Å². The fourth-order valence-corrected chi connectivity index (χ4v) is 3.46. The van der Waals surface area contributed by atoms with Gasteiger partial charge in [0.15, 0.2) is 0 Å². The van der Waals surface area contributed by atoms with Gasteiger partial charge in [-0.1, -0.05) is 27.7 Å². The van der Waals surface area contributed by atoms with Crippen molar-refractivity contribution in [1.29, 1.82) is 0 Å². The molecule has 1 aromatic rings. The van der Waals surface area contributed by atoms with Crippen molar-refractivity contribution in [1.82, 2.24) is 4.37 Å². The molecule has 3 N–H and O–H groups in total. The Morgan fingerprint density at radius 3 is 2.39 bits per heavy atom. The van der Waals surface area contributed by atoms with Crippen molar-refractivity contribution in [2.45, 2.75) is 46.5 Å². The lowest BCUT2D eigenvalue weighted by atomic mass is 9.85. The maximum absolute atomic E-state index is 5.97. The molecule has 0 spiro atoms. The van der Waals surface area contributed by atoms with E-state index in [0.29, 0.717) is 23.7 Å². The Hall–Kier alpha value is -0.770. The van der Waals surface area contributed by atoms with Crippen molar-refractivity contribution < 1.29 is 0 Å². The van der Waals surface area contributed by atoms with Crippen molar-refractivity contribution in [3.05, 3.63) is 5.56 Å². The summed E-state index contributed by atoms with van der Waals surface area (Å²) in [5.41, 5.74) is 7.25. The lowest BCUT2D eigenvalue weighted by Crippen LogP contribution is -2.24. The fourth-order valence-electron chi connectivity index (χ4n) is 2.66. The maximum atomic E-state index is 5.97. The van der Waals surface area contributed by atoms with Crippen LogP contribution in [0.3, 0.4) is 0 Å². The predicted molar refractivity (Wildman–Crippen MR) is 80.2 cm³/mol. The van der Waals surface area contributed by atoms with E-state index in [1.807, 2.05) is 0 Å². The minimum atomic E-state index is 0.669. The quantitative estimate of drug-likeness (QED) is 0.820. The van der Waals surface area contributed by atoms with Crippen LogP contribution in [0.25, 0.3) is 0 Å². The molecule has 4 heteroatoms. The normalized spacial score (nSPS) is 15.9. The van der Waals surface area contributed by atoms with Crippen LogP contribution in [0, 0.1) is 17.8 Å². The molecule has 0 aromatic carbocycles. The zero-order valence-electron chi connectivity index (χ0n) is 11.9. The zero-order valence-corrected chi connectivity index (χ0v) is 12.7. The molecule has 0 unspecified atom stereocenters. The summed E-state index contributed by atoms with van der Waals surface area (Å²) < 4.78 is 4.30. The van der Waals surface area contributed by atoms with E-state index in [0.717, 1.165) is 12.4 Å². The first kappa shape index (κ1) is 13.7. The van der Waals surface area contributed by atoms with E-state index >= 15 is 0 Å². The van der Waals surface area contributed by atoms with Gasteiger partial charge in [0.1, 0.15) is 10.8 Å². The van der Waals surface area contributed by atoms with Crippen LogP contribution in [0.5, 0.6) is 0 Å². The number of hydrogen-bond acceptors (Lipinski definition) is 4. The van der Waals surface area contributed by atoms with Gasteiger partial charge in [0, 0.05) is 12.1 Å². The van der Waals surface area contributed by atoms with Gasteiger partial charge in [-0.25, -0.2) is 0 Å². The molecular formula is C14H25N3S. The van der Waals surface area contributed by atoms with Gasteiger partial charge in [-0.15, -0.1) is 0 Å². The Morgan fingerprint density at radius 1 is 1.28 bits per heavy atom. The molecule has 18 heavy (non-hydrogen) atoms. The van der Waals surface area contributed by atoms with Gasteiger partial charge in [0.2, 0.25) is 0 Å². The van der Waals surface area contributed by atoms with Gasteiger partial charge >= 0.3 is 0 Å². The van der Waals surface area contributed by atoms with Crippen LogP contribution < -0.4 is 11.1 Å². The molecule has 0 amide bonds. The molecule has 0 bridgehead atoms. The molecule has 1 aromatic heterocycles. The number of nitrogen functional groups attached to an aromatic ring is 1. The van der Waals surface area contributed by atoms with Crippen LogP contribution in [0.15, 0.2) is 0 Å². The van der Waals surface area contributed by atoms with E-state index in [1.54, 1.807) is 0 Å². The first-order valence-corrected chi connectivity index (χ1v) is 7.77. The molecule has 0 atom stereocenters. The van der Waals surface area contributed by atoms with Crippen molar-refractivity contribution in [3.8, 4) is 0 Å². The molecular weight excluding hydrogens is 242 g/mol. The number of aromatic nitrogens is 1. The largest absolute Gasteiger partial charge is 0.383 e. The van der Waals surface area contributed by atoms with E-state index in [9.17, 15) is 0 Å². The summed E-state index contributed by atoms with van der Waals surface area (Å²) >= 11 is 1.52. The highest BCUT2D eigenvalue weighted by Crippen LogP contribution is 2.47. The van der Waals surface area contributed by atoms with Gasteiger partial charge in [0.05, 0.1) is 0 Å². The second-order valence-electron chi connectivity index (χ2n) is 6.12. The number of rotatable bonds is 6. The first-order valence-electron chi connectivity index (χ1n) is 6.99. The lowest BCUT2D eigenvalue weighted by Gasteiger charge is -2.25. The van der Waals surface area contributed by atoms with E-state index < -0.39 is 0 Å². The summed E-state index contributed by atoms with van der Waals surface area (Å²) in [6.07, 6.45) is 2.55. The average molecular weight is 267 g/mol. The van der Waals surface area contributed by atoms with Gasteiger partial charge in [0.25, 0.3) is 0 Å². The first-order chi connectivity index (χ1) is 8.50. The lowest BCUT2D eigenvalue weighted by molar-refractivity contribution is 0.304. The molecule has 1 heterocycles. The van der Waals surface area contributed by atoms with E-state index in [1.165, 1.54) is 34.9 Å².